The molecular weight excluding hydrogens is 485 g/mol. The van der Waals surface area contributed by atoms with Crippen LogP contribution in [0.15, 0.2) is 54.0 Å². The van der Waals surface area contributed by atoms with Gasteiger partial charge in [-0.1, -0.05) is 18.2 Å². The number of halogens is 1. The first-order valence-electron chi connectivity index (χ1n) is 11.4. The van der Waals surface area contributed by atoms with Crippen molar-refractivity contribution in [3.63, 3.8) is 0 Å². The molecule has 0 atom stereocenters. The summed E-state index contributed by atoms with van der Waals surface area (Å²) in [5, 5.41) is -0.539. The van der Waals surface area contributed by atoms with E-state index in [0.29, 0.717) is 30.1 Å². The standard InChI is InChI=1S/C27H28FNO6S/c1-5-7-20-12-19(14-23-26(31)29(27(32)36-23)15-24(30)35-17(3)4)13-22(33-6-2)25(20)34-16-18-8-10-21(28)11-9-18/h5,8-14,17H,1,6-7,15-16H2,2-4H3/b23-14+. The third-order valence-corrected chi connectivity index (χ3v) is 5.85. The Bertz CT molecular complexity index is 1180. The number of hydrogen-bond acceptors (Lipinski definition) is 7. The molecule has 0 radical (unpaired) electrons. The summed E-state index contributed by atoms with van der Waals surface area (Å²) in [6, 6.07) is 9.56. The fourth-order valence-corrected chi connectivity index (χ4v) is 4.29. The molecule has 0 spiro atoms. The Kier molecular flexibility index (Phi) is 9.30. The van der Waals surface area contributed by atoms with Crippen molar-refractivity contribution in [3.8, 4) is 11.5 Å². The maximum absolute atomic E-state index is 13.2. The molecule has 2 aromatic rings. The highest BCUT2D eigenvalue weighted by Crippen LogP contribution is 2.37. The molecule has 2 amide bonds. The fourth-order valence-electron chi connectivity index (χ4n) is 3.45. The molecule has 0 aliphatic carbocycles. The third-order valence-electron chi connectivity index (χ3n) is 4.94. The van der Waals surface area contributed by atoms with Gasteiger partial charge in [0.1, 0.15) is 19.0 Å². The number of allylic oxidation sites excluding steroid dienone is 1. The molecule has 36 heavy (non-hydrogen) atoms. The zero-order valence-corrected chi connectivity index (χ0v) is 21.2. The number of amides is 2. The van der Waals surface area contributed by atoms with E-state index in [9.17, 15) is 18.8 Å². The topological polar surface area (TPSA) is 82.1 Å². The Morgan fingerprint density at radius 3 is 2.53 bits per heavy atom. The van der Waals surface area contributed by atoms with E-state index in [0.717, 1.165) is 27.8 Å². The number of carbonyl (C=O) groups excluding carboxylic acids is 3. The Labute approximate surface area is 213 Å². The molecule has 1 aliphatic heterocycles. The van der Waals surface area contributed by atoms with E-state index in [1.807, 2.05) is 13.0 Å². The monoisotopic (exact) mass is 513 g/mol. The van der Waals surface area contributed by atoms with Crippen LogP contribution in [-0.4, -0.2) is 41.3 Å². The first-order valence-corrected chi connectivity index (χ1v) is 12.3. The molecule has 0 unspecified atom stereocenters. The fraction of sp³-hybridized carbons (Fsp3) is 0.296. The van der Waals surface area contributed by atoms with Crippen LogP contribution in [0.25, 0.3) is 6.08 Å². The minimum absolute atomic E-state index is 0.185. The number of thioether (sulfide) groups is 1. The lowest BCUT2D eigenvalue weighted by Crippen LogP contribution is -2.35. The summed E-state index contributed by atoms with van der Waals surface area (Å²) in [5.41, 5.74) is 2.18. The highest BCUT2D eigenvalue weighted by molar-refractivity contribution is 8.18. The van der Waals surface area contributed by atoms with Crippen LogP contribution < -0.4 is 9.47 Å². The van der Waals surface area contributed by atoms with Gasteiger partial charge in [-0.25, -0.2) is 4.39 Å². The third kappa shape index (κ3) is 6.97. The predicted octanol–water partition coefficient (Wildman–Crippen LogP) is 5.52. The second-order valence-corrected chi connectivity index (χ2v) is 9.15. The molecular formula is C27H28FNO6S. The molecule has 190 valence electrons. The van der Waals surface area contributed by atoms with Crippen LogP contribution in [0, 0.1) is 5.82 Å². The maximum Gasteiger partial charge on any atom is 0.326 e. The number of nitrogens with zero attached hydrogens (tertiary/aromatic N) is 1. The highest BCUT2D eigenvalue weighted by Gasteiger charge is 2.37. The summed E-state index contributed by atoms with van der Waals surface area (Å²) in [6.07, 6.45) is 3.41. The van der Waals surface area contributed by atoms with Gasteiger partial charge in [-0.05, 0) is 80.4 Å². The molecule has 1 heterocycles. The number of imide groups is 1. The van der Waals surface area contributed by atoms with Crippen molar-refractivity contribution in [2.24, 2.45) is 0 Å². The first kappa shape index (κ1) is 27.0. The van der Waals surface area contributed by atoms with Gasteiger partial charge < -0.3 is 14.2 Å². The van der Waals surface area contributed by atoms with E-state index in [1.165, 1.54) is 12.1 Å². The number of carbonyl (C=O) groups is 3. The molecule has 0 saturated carbocycles. The number of rotatable bonds is 11. The van der Waals surface area contributed by atoms with E-state index in [4.69, 9.17) is 14.2 Å². The van der Waals surface area contributed by atoms with Crippen molar-refractivity contribution < 1.29 is 33.0 Å². The number of esters is 1. The zero-order valence-electron chi connectivity index (χ0n) is 20.4. The van der Waals surface area contributed by atoms with Gasteiger partial charge in [0.05, 0.1) is 17.6 Å². The molecule has 0 bridgehead atoms. The highest BCUT2D eigenvalue weighted by atomic mass is 32.2. The average molecular weight is 514 g/mol. The van der Waals surface area contributed by atoms with Crippen molar-refractivity contribution in [3.05, 3.63) is 76.5 Å². The van der Waals surface area contributed by atoms with E-state index < -0.39 is 23.7 Å². The van der Waals surface area contributed by atoms with Gasteiger partial charge in [0.25, 0.3) is 11.1 Å². The molecule has 1 fully saturated rings. The molecule has 1 saturated heterocycles. The molecule has 0 N–H and O–H groups in total. The summed E-state index contributed by atoms with van der Waals surface area (Å²) in [5.74, 6) is -0.562. The summed E-state index contributed by atoms with van der Waals surface area (Å²) >= 11 is 0.757. The van der Waals surface area contributed by atoms with Crippen LogP contribution in [-0.2, 0) is 27.4 Å². The average Bonchev–Trinajstić information content (AvgIpc) is 3.07. The largest absolute Gasteiger partial charge is 0.490 e. The Morgan fingerprint density at radius 2 is 1.89 bits per heavy atom. The number of ether oxygens (including phenoxy) is 3. The van der Waals surface area contributed by atoms with Gasteiger partial charge >= 0.3 is 5.97 Å². The molecule has 0 aromatic heterocycles. The lowest BCUT2D eigenvalue weighted by molar-refractivity contribution is -0.149. The van der Waals surface area contributed by atoms with Crippen molar-refractivity contribution in [1.82, 2.24) is 4.90 Å². The van der Waals surface area contributed by atoms with Gasteiger partial charge in [0.15, 0.2) is 11.5 Å². The lowest BCUT2D eigenvalue weighted by Gasteiger charge is -2.17. The summed E-state index contributed by atoms with van der Waals surface area (Å²) in [6.45, 7) is 9.16. The molecule has 7 nitrogen and oxygen atoms in total. The Balaban J connectivity index is 1.88. The van der Waals surface area contributed by atoms with Crippen molar-refractivity contribution >= 4 is 35.0 Å². The van der Waals surface area contributed by atoms with E-state index >= 15 is 0 Å². The summed E-state index contributed by atoms with van der Waals surface area (Å²) < 4.78 is 30.1. The molecule has 9 heteroatoms. The normalized spacial score (nSPS) is 14.5. The van der Waals surface area contributed by atoms with Crippen LogP contribution >= 0.6 is 11.8 Å². The Morgan fingerprint density at radius 1 is 1.17 bits per heavy atom. The molecule has 3 rings (SSSR count). The SMILES string of the molecule is C=CCc1cc(/C=C2/SC(=O)N(CC(=O)OC(C)C)C2=O)cc(OCC)c1OCc1ccc(F)cc1. The summed E-state index contributed by atoms with van der Waals surface area (Å²) in [7, 11) is 0. The van der Waals surface area contributed by atoms with Gasteiger partial charge in [-0.2, -0.15) is 0 Å². The van der Waals surface area contributed by atoms with Crippen LogP contribution in [0.5, 0.6) is 11.5 Å². The minimum atomic E-state index is -0.650. The van der Waals surface area contributed by atoms with E-state index in [2.05, 4.69) is 6.58 Å². The maximum atomic E-state index is 13.2. The van der Waals surface area contributed by atoms with Crippen LogP contribution in [0.4, 0.5) is 9.18 Å². The first-order chi connectivity index (χ1) is 17.2. The second-order valence-electron chi connectivity index (χ2n) is 8.15. The number of hydrogen-bond donors (Lipinski definition) is 0. The zero-order chi connectivity index (χ0) is 26.2. The van der Waals surface area contributed by atoms with Gasteiger partial charge in [-0.15, -0.1) is 6.58 Å². The van der Waals surface area contributed by atoms with Gasteiger partial charge in [-0.3, -0.25) is 19.3 Å². The Hall–Kier alpha value is -3.59. The van der Waals surface area contributed by atoms with Crippen molar-refractivity contribution in [2.75, 3.05) is 13.2 Å². The second kappa shape index (κ2) is 12.4. The van der Waals surface area contributed by atoms with Crippen molar-refractivity contribution in [1.29, 1.82) is 0 Å². The molecule has 1 aliphatic rings. The van der Waals surface area contributed by atoms with Crippen molar-refractivity contribution in [2.45, 2.75) is 39.9 Å². The van der Waals surface area contributed by atoms with Crippen LogP contribution in [0.3, 0.4) is 0 Å². The van der Waals surface area contributed by atoms with E-state index in [-0.39, 0.29) is 23.4 Å². The number of benzene rings is 2. The lowest BCUT2D eigenvalue weighted by atomic mass is 10.0. The quantitative estimate of drug-likeness (QED) is 0.222. The van der Waals surface area contributed by atoms with Gasteiger partial charge in [0.2, 0.25) is 0 Å². The van der Waals surface area contributed by atoms with Gasteiger partial charge in [0, 0.05) is 5.56 Å². The van der Waals surface area contributed by atoms with Crippen LogP contribution in [0.1, 0.15) is 37.5 Å². The van der Waals surface area contributed by atoms with Crippen LogP contribution in [0.2, 0.25) is 0 Å². The summed E-state index contributed by atoms with van der Waals surface area (Å²) in [4.78, 5) is 38.2. The minimum Gasteiger partial charge on any atom is -0.490 e. The molecule has 2 aromatic carbocycles. The smallest absolute Gasteiger partial charge is 0.326 e. The predicted molar refractivity (Wildman–Crippen MR) is 136 cm³/mol. The van der Waals surface area contributed by atoms with E-state index in [1.54, 1.807) is 44.2 Å².